The number of hydrogen-bond acceptors (Lipinski definition) is 5. The summed E-state index contributed by atoms with van der Waals surface area (Å²) in [4.78, 5) is 22.1. The Morgan fingerprint density at radius 3 is 2.60 bits per heavy atom. The van der Waals surface area contributed by atoms with Crippen LogP contribution >= 0.6 is 0 Å². The predicted octanol–water partition coefficient (Wildman–Crippen LogP) is 0.518. The monoisotopic (exact) mass is 216 g/mol. The van der Waals surface area contributed by atoms with Crippen LogP contribution < -0.4 is 0 Å². The van der Waals surface area contributed by atoms with Gasteiger partial charge in [-0.25, -0.2) is 0 Å². The van der Waals surface area contributed by atoms with Crippen molar-refractivity contribution in [1.29, 1.82) is 0 Å². The molecule has 1 unspecified atom stereocenters. The molecule has 0 aromatic heterocycles. The zero-order valence-corrected chi connectivity index (χ0v) is 9.02. The predicted molar refractivity (Wildman–Crippen MR) is 51.1 cm³/mol. The van der Waals surface area contributed by atoms with E-state index in [1.54, 1.807) is 13.8 Å². The summed E-state index contributed by atoms with van der Waals surface area (Å²) in [7, 11) is 0. The lowest BCUT2D eigenvalue weighted by Gasteiger charge is -2.29. The number of aldehydes is 1. The van der Waals surface area contributed by atoms with Crippen molar-refractivity contribution >= 4 is 12.3 Å². The minimum absolute atomic E-state index is 0.0409. The summed E-state index contributed by atoms with van der Waals surface area (Å²) in [6.07, 6.45) is 0.686. The molecule has 5 heteroatoms. The smallest absolute Gasteiger partial charge is 0.311 e. The molecule has 0 N–H and O–H groups in total. The van der Waals surface area contributed by atoms with Crippen molar-refractivity contribution in [3.05, 3.63) is 0 Å². The lowest BCUT2D eigenvalue weighted by Crippen LogP contribution is -2.41. The van der Waals surface area contributed by atoms with Crippen LogP contribution in [0.5, 0.6) is 0 Å². The largest absolute Gasteiger partial charge is 0.466 e. The molecule has 1 fully saturated rings. The van der Waals surface area contributed by atoms with Gasteiger partial charge in [-0.2, -0.15) is 0 Å². The van der Waals surface area contributed by atoms with Gasteiger partial charge in [-0.1, -0.05) is 6.92 Å². The number of carbonyl (C=O) groups is 2. The fraction of sp³-hybridized carbons (Fsp3) is 0.800. The number of hydrogen-bond donors (Lipinski definition) is 0. The van der Waals surface area contributed by atoms with E-state index in [-0.39, 0.29) is 6.42 Å². The Bertz CT molecular complexity index is 232. The SMILES string of the molecule is CCOC(=O)CC1(C(C)C=O)OCCO1. The molecule has 0 aliphatic carbocycles. The van der Waals surface area contributed by atoms with Gasteiger partial charge in [-0.3, -0.25) is 4.79 Å². The maximum atomic E-state index is 11.3. The standard InChI is InChI=1S/C10H16O5/c1-3-13-9(12)6-10(8(2)7-11)14-4-5-15-10/h7-8H,3-6H2,1-2H3. The van der Waals surface area contributed by atoms with Gasteiger partial charge in [0.25, 0.3) is 0 Å². The van der Waals surface area contributed by atoms with Crippen molar-refractivity contribution in [2.75, 3.05) is 19.8 Å². The van der Waals surface area contributed by atoms with Gasteiger partial charge in [0.1, 0.15) is 12.7 Å². The highest BCUT2D eigenvalue weighted by Crippen LogP contribution is 2.31. The molecule has 1 aliphatic rings. The van der Waals surface area contributed by atoms with Gasteiger partial charge in [-0.05, 0) is 6.92 Å². The lowest BCUT2D eigenvalue weighted by atomic mass is 9.99. The second-order valence-electron chi connectivity index (χ2n) is 3.42. The Balaban J connectivity index is 2.65. The van der Waals surface area contributed by atoms with Crippen LogP contribution in [0.1, 0.15) is 20.3 Å². The summed E-state index contributed by atoms with van der Waals surface area (Å²) < 4.78 is 15.5. The van der Waals surface area contributed by atoms with E-state index in [9.17, 15) is 9.59 Å². The molecule has 1 heterocycles. The maximum absolute atomic E-state index is 11.3. The first kappa shape index (κ1) is 12.1. The van der Waals surface area contributed by atoms with E-state index in [0.717, 1.165) is 6.29 Å². The molecule has 0 spiro atoms. The molecule has 0 amide bonds. The minimum atomic E-state index is -1.12. The molecule has 86 valence electrons. The summed E-state index contributed by atoms with van der Waals surface area (Å²) in [5, 5.41) is 0. The van der Waals surface area contributed by atoms with Gasteiger partial charge < -0.3 is 19.0 Å². The Morgan fingerprint density at radius 2 is 2.13 bits per heavy atom. The topological polar surface area (TPSA) is 61.8 Å². The molecule has 15 heavy (non-hydrogen) atoms. The highest BCUT2D eigenvalue weighted by Gasteiger charge is 2.44. The van der Waals surface area contributed by atoms with Crippen molar-refractivity contribution in [2.45, 2.75) is 26.1 Å². The molecule has 0 saturated carbocycles. The molecule has 0 aromatic carbocycles. The second kappa shape index (κ2) is 5.23. The third-order valence-corrected chi connectivity index (χ3v) is 2.37. The number of ether oxygens (including phenoxy) is 3. The van der Waals surface area contributed by atoms with Crippen LogP contribution in [0.3, 0.4) is 0 Å². The number of esters is 1. The Labute approximate surface area is 88.7 Å². The van der Waals surface area contributed by atoms with Crippen LogP contribution in [0, 0.1) is 5.92 Å². The summed E-state index contributed by atoms with van der Waals surface area (Å²) in [5.41, 5.74) is 0. The zero-order valence-electron chi connectivity index (χ0n) is 9.02. The van der Waals surface area contributed by atoms with Gasteiger partial charge in [0.05, 0.1) is 25.7 Å². The first-order valence-corrected chi connectivity index (χ1v) is 5.03. The van der Waals surface area contributed by atoms with Crippen LogP contribution in [0.2, 0.25) is 0 Å². The van der Waals surface area contributed by atoms with Crippen molar-refractivity contribution < 1.29 is 23.8 Å². The van der Waals surface area contributed by atoms with Crippen LogP contribution in [0.15, 0.2) is 0 Å². The molecule has 0 bridgehead atoms. The first-order chi connectivity index (χ1) is 7.14. The summed E-state index contributed by atoms with van der Waals surface area (Å²) in [6, 6.07) is 0. The van der Waals surface area contributed by atoms with Crippen molar-refractivity contribution in [1.82, 2.24) is 0 Å². The molecule has 1 atom stereocenters. The third-order valence-electron chi connectivity index (χ3n) is 2.37. The number of carbonyl (C=O) groups excluding carboxylic acids is 2. The average Bonchev–Trinajstić information content (AvgIpc) is 2.66. The molecule has 5 nitrogen and oxygen atoms in total. The van der Waals surface area contributed by atoms with Gasteiger partial charge in [0.2, 0.25) is 0 Å². The van der Waals surface area contributed by atoms with Gasteiger partial charge >= 0.3 is 5.97 Å². The molecule has 0 radical (unpaired) electrons. The fourth-order valence-corrected chi connectivity index (χ4v) is 1.51. The summed E-state index contributed by atoms with van der Waals surface area (Å²) in [6.45, 7) is 4.50. The van der Waals surface area contributed by atoms with E-state index in [1.165, 1.54) is 0 Å². The molecular weight excluding hydrogens is 200 g/mol. The van der Waals surface area contributed by atoms with E-state index in [0.29, 0.717) is 19.8 Å². The Morgan fingerprint density at radius 1 is 1.53 bits per heavy atom. The summed E-state index contributed by atoms with van der Waals surface area (Å²) >= 11 is 0. The van der Waals surface area contributed by atoms with Crippen molar-refractivity contribution in [3.8, 4) is 0 Å². The minimum Gasteiger partial charge on any atom is -0.466 e. The van der Waals surface area contributed by atoms with Crippen LogP contribution in [-0.4, -0.2) is 37.9 Å². The van der Waals surface area contributed by atoms with Gasteiger partial charge in [-0.15, -0.1) is 0 Å². The molecule has 1 rings (SSSR count). The van der Waals surface area contributed by atoms with Crippen LogP contribution in [0.25, 0.3) is 0 Å². The quantitative estimate of drug-likeness (QED) is 0.495. The van der Waals surface area contributed by atoms with Crippen LogP contribution in [-0.2, 0) is 23.8 Å². The Kier molecular flexibility index (Phi) is 4.23. The molecule has 1 saturated heterocycles. The van der Waals surface area contributed by atoms with E-state index in [4.69, 9.17) is 14.2 Å². The molecule has 1 aliphatic heterocycles. The van der Waals surface area contributed by atoms with E-state index in [2.05, 4.69) is 0 Å². The normalized spacial score (nSPS) is 20.9. The van der Waals surface area contributed by atoms with Crippen molar-refractivity contribution in [3.63, 3.8) is 0 Å². The molecular formula is C10H16O5. The fourth-order valence-electron chi connectivity index (χ4n) is 1.51. The Hall–Kier alpha value is -0.940. The average molecular weight is 216 g/mol. The van der Waals surface area contributed by atoms with E-state index < -0.39 is 17.7 Å². The lowest BCUT2D eigenvalue weighted by molar-refractivity contribution is -0.201. The van der Waals surface area contributed by atoms with E-state index >= 15 is 0 Å². The highest BCUT2D eigenvalue weighted by molar-refractivity contribution is 5.71. The van der Waals surface area contributed by atoms with Gasteiger partial charge in [0.15, 0.2) is 5.79 Å². The summed E-state index contributed by atoms with van der Waals surface area (Å²) in [5.74, 6) is -2.01. The highest BCUT2D eigenvalue weighted by atomic mass is 16.7. The van der Waals surface area contributed by atoms with Gasteiger partial charge in [0, 0.05) is 0 Å². The number of rotatable bonds is 5. The molecule has 0 aromatic rings. The van der Waals surface area contributed by atoms with E-state index in [1.807, 2.05) is 0 Å². The van der Waals surface area contributed by atoms with Crippen molar-refractivity contribution in [2.24, 2.45) is 5.92 Å². The zero-order chi connectivity index (χ0) is 11.3. The maximum Gasteiger partial charge on any atom is 0.311 e. The first-order valence-electron chi connectivity index (χ1n) is 5.03. The third kappa shape index (κ3) is 2.76. The van der Waals surface area contributed by atoms with Crippen LogP contribution in [0.4, 0.5) is 0 Å². The second-order valence-corrected chi connectivity index (χ2v) is 3.42.